The molecule has 0 aliphatic heterocycles. The molecule has 0 bridgehead atoms. The first-order valence-corrected chi connectivity index (χ1v) is 5.95. The van der Waals surface area contributed by atoms with Crippen LogP contribution in [0.3, 0.4) is 0 Å². The van der Waals surface area contributed by atoms with Crippen molar-refractivity contribution in [1.82, 2.24) is 0 Å². The van der Waals surface area contributed by atoms with E-state index in [9.17, 15) is 0 Å². The van der Waals surface area contributed by atoms with Gasteiger partial charge in [-0.3, -0.25) is 0 Å². The predicted octanol–water partition coefficient (Wildman–Crippen LogP) is 2.92. The standard InChI is InChI=1S/C13H22NO/c1-2-3-4-5-9-12-15-13-14-10-7-6-8-11-14/h6-8,10-11H,2-5,9,12-13H2,1H3/q+1. The summed E-state index contributed by atoms with van der Waals surface area (Å²) in [5, 5.41) is 0. The van der Waals surface area contributed by atoms with Crippen LogP contribution in [0, 0.1) is 0 Å². The highest BCUT2D eigenvalue weighted by Crippen LogP contribution is 2.01. The van der Waals surface area contributed by atoms with Crippen LogP contribution in [0.4, 0.5) is 0 Å². The number of nitrogens with zero attached hydrogens (tertiary/aromatic N) is 1. The van der Waals surface area contributed by atoms with Gasteiger partial charge in [-0.1, -0.05) is 38.7 Å². The number of hydrogen-bond acceptors (Lipinski definition) is 1. The van der Waals surface area contributed by atoms with Gasteiger partial charge < -0.3 is 4.74 Å². The lowest BCUT2D eigenvalue weighted by molar-refractivity contribution is -0.732. The van der Waals surface area contributed by atoms with E-state index >= 15 is 0 Å². The Morgan fingerprint density at radius 2 is 1.67 bits per heavy atom. The van der Waals surface area contributed by atoms with Gasteiger partial charge in [0.15, 0.2) is 12.4 Å². The zero-order chi connectivity index (χ0) is 10.8. The second-order valence-corrected chi connectivity index (χ2v) is 3.84. The Morgan fingerprint density at radius 3 is 2.40 bits per heavy atom. The first kappa shape index (κ1) is 12.2. The lowest BCUT2D eigenvalue weighted by Gasteiger charge is -2.00. The molecule has 0 atom stereocenters. The summed E-state index contributed by atoms with van der Waals surface area (Å²) in [5.74, 6) is 0. The van der Waals surface area contributed by atoms with Crippen molar-refractivity contribution >= 4 is 0 Å². The van der Waals surface area contributed by atoms with Crippen LogP contribution in [-0.2, 0) is 11.5 Å². The molecule has 0 N–H and O–H groups in total. The van der Waals surface area contributed by atoms with E-state index in [-0.39, 0.29) is 0 Å². The molecule has 0 aromatic carbocycles. The SMILES string of the molecule is CCCCCCCOC[n+]1ccccc1. The van der Waals surface area contributed by atoms with Gasteiger partial charge in [-0.25, -0.2) is 0 Å². The molecule has 15 heavy (non-hydrogen) atoms. The summed E-state index contributed by atoms with van der Waals surface area (Å²) < 4.78 is 7.61. The second-order valence-electron chi connectivity index (χ2n) is 3.84. The molecular weight excluding hydrogens is 186 g/mol. The maximum atomic E-state index is 5.56. The van der Waals surface area contributed by atoms with Crippen LogP contribution in [0.15, 0.2) is 30.6 Å². The Balaban J connectivity index is 1.93. The van der Waals surface area contributed by atoms with Crippen molar-refractivity contribution in [2.75, 3.05) is 6.61 Å². The molecule has 1 aromatic heterocycles. The second kappa shape index (κ2) is 8.42. The van der Waals surface area contributed by atoms with Crippen LogP contribution in [0.5, 0.6) is 0 Å². The molecule has 0 fully saturated rings. The van der Waals surface area contributed by atoms with Crippen LogP contribution in [0.1, 0.15) is 39.0 Å². The average molecular weight is 208 g/mol. The normalized spacial score (nSPS) is 10.5. The number of rotatable bonds is 8. The minimum atomic E-state index is 0.675. The predicted molar refractivity (Wildman–Crippen MR) is 61.3 cm³/mol. The van der Waals surface area contributed by atoms with Crippen molar-refractivity contribution in [1.29, 1.82) is 0 Å². The van der Waals surface area contributed by atoms with Gasteiger partial charge in [0.25, 0.3) is 6.73 Å². The lowest BCUT2D eigenvalue weighted by Crippen LogP contribution is -2.33. The van der Waals surface area contributed by atoms with Gasteiger partial charge in [-0.15, -0.1) is 0 Å². The summed E-state index contributed by atoms with van der Waals surface area (Å²) in [6, 6.07) is 6.05. The third kappa shape index (κ3) is 6.24. The molecule has 0 aliphatic carbocycles. The van der Waals surface area contributed by atoms with Crippen molar-refractivity contribution in [3.63, 3.8) is 0 Å². The zero-order valence-electron chi connectivity index (χ0n) is 9.69. The minimum absolute atomic E-state index is 0.675. The topological polar surface area (TPSA) is 13.1 Å². The van der Waals surface area contributed by atoms with Gasteiger partial charge in [0.2, 0.25) is 0 Å². The molecule has 1 aromatic rings. The van der Waals surface area contributed by atoms with Crippen LogP contribution < -0.4 is 4.57 Å². The molecule has 2 heteroatoms. The maximum absolute atomic E-state index is 5.56. The monoisotopic (exact) mass is 208 g/mol. The highest BCUT2D eigenvalue weighted by Gasteiger charge is 1.96. The van der Waals surface area contributed by atoms with Gasteiger partial charge in [0.05, 0.1) is 6.61 Å². The third-order valence-corrected chi connectivity index (χ3v) is 2.41. The van der Waals surface area contributed by atoms with Gasteiger partial charge in [0, 0.05) is 12.1 Å². The highest BCUT2D eigenvalue weighted by molar-refractivity contribution is 4.83. The Hall–Kier alpha value is -0.890. The molecule has 0 saturated heterocycles. The first-order valence-electron chi connectivity index (χ1n) is 5.95. The van der Waals surface area contributed by atoms with Crippen LogP contribution in [-0.4, -0.2) is 6.61 Å². The van der Waals surface area contributed by atoms with E-state index in [4.69, 9.17) is 4.74 Å². The molecule has 0 saturated carbocycles. The van der Waals surface area contributed by atoms with E-state index < -0.39 is 0 Å². The van der Waals surface area contributed by atoms with E-state index in [1.165, 1.54) is 32.1 Å². The van der Waals surface area contributed by atoms with Crippen molar-refractivity contribution in [3.8, 4) is 0 Å². The van der Waals surface area contributed by atoms with Gasteiger partial charge >= 0.3 is 0 Å². The fraction of sp³-hybridized carbons (Fsp3) is 0.615. The van der Waals surface area contributed by atoms with Crippen LogP contribution >= 0.6 is 0 Å². The van der Waals surface area contributed by atoms with Crippen molar-refractivity contribution in [3.05, 3.63) is 30.6 Å². The van der Waals surface area contributed by atoms with E-state index in [2.05, 4.69) is 6.92 Å². The van der Waals surface area contributed by atoms with Gasteiger partial charge in [-0.2, -0.15) is 4.57 Å². The van der Waals surface area contributed by atoms with Crippen LogP contribution in [0.25, 0.3) is 0 Å². The van der Waals surface area contributed by atoms with E-state index in [0.29, 0.717) is 6.73 Å². The third-order valence-electron chi connectivity index (χ3n) is 2.41. The number of hydrogen-bond donors (Lipinski definition) is 0. The minimum Gasteiger partial charge on any atom is -0.323 e. The molecule has 1 rings (SSSR count). The Kier molecular flexibility index (Phi) is 6.84. The van der Waals surface area contributed by atoms with Gasteiger partial charge in [0.1, 0.15) is 0 Å². The Bertz CT molecular complexity index is 236. The van der Waals surface area contributed by atoms with E-state index in [0.717, 1.165) is 6.61 Å². The lowest BCUT2D eigenvalue weighted by atomic mass is 10.2. The van der Waals surface area contributed by atoms with Crippen molar-refractivity contribution in [2.45, 2.75) is 45.8 Å². The van der Waals surface area contributed by atoms with Crippen molar-refractivity contribution < 1.29 is 9.30 Å². The molecule has 0 radical (unpaired) electrons. The maximum Gasteiger partial charge on any atom is 0.252 e. The molecule has 0 amide bonds. The smallest absolute Gasteiger partial charge is 0.252 e. The van der Waals surface area contributed by atoms with Gasteiger partial charge in [-0.05, 0) is 6.42 Å². The number of aromatic nitrogens is 1. The Labute approximate surface area is 92.9 Å². The fourth-order valence-corrected chi connectivity index (χ4v) is 1.50. The summed E-state index contributed by atoms with van der Waals surface area (Å²) in [7, 11) is 0. The molecule has 0 spiro atoms. The first-order chi connectivity index (χ1) is 7.43. The van der Waals surface area contributed by atoms with Crippen LogP contribution in [0.2, 0.25) is 0 Å². The average Bonchev–Trinajstić information content (AvgIpc) is 2.29. The highest BCUT2D eigenvalue weighted by atomic mass is 16.5. The molecule has 84 valence electrons. The zero-order valence-corrected chi connectivity index (χ0v) is 9.69. The molecule has 1 heterocycles. The number of pyridine rings is 1. The summed E-state index contributed by atoms with van der Waals surface area (Å²) in [6.45, 7) is 3.79. The molecule has 0 aliphatic rings. The number of unbranched alkanes of at least 4 members (excludes halogenated alkanes) is 4. The molecular formula is C13H22NO+. The molecule has 2 nitrogen and oxygen atoms in total. The largest absolute Gasteiger partial charge is 0.323 e. The summed E-state index contributed by atoms with van der Waals surface area (Å²) in [6.07, 6.45) is 10.5. The fourth-order valence-electron chi connectivity index (χ4n) is 1.50. The quantitative estimate of drug-likeness (QED) is 0.473. The van der Waals surface area contributed by atoms with Crippen molar-refractivity contribution in [2.24, 2.45) is 0 Å². The number of ether oxygens (including phenoxy) is 1. The molecule has 0 unspecified atom stereocenters. The van der Waals surface area contributed by atoms with E-state index in [1.54, 1.807) is 0 Å². The Morgan fingerprint density at radius 1 is 0.933 bits per heavy atom. The summed E-state index contributed by atoms with van der Waals surface area (Å²) >= 11 is 0. The summed E-state index contributed by atoms with van der Waals surface area (Å²) in [4.78, 5) is 0. The van der Waals surface area contributed by atoms with E-state index in [1.807, 2.05) is 35.2 Å². The summed E-state index contributed by atoms with van der Waals surface area (Å²) in [5.41, 5.74) is 0.